The van der Waals surface area contributed by atoms with Crippen LogP contribution in [0.2, 0.25) is 0 Å². The van der Waals surface area contributed by atoms with E-state index in [1.165, 1.54) is 31.7 Å². The monoisotopic (exact) mass is 214 g/mol. The summed E-state index contributed by atoms with van der Waals surface area (Å²) in [6.07, 6.45) is 2.57. The Balaban J connectivity index is 1.92. The van der Waals surface area contributed by atoms with Crippen LogP contribution >= 0.6 is 11.8 Å². The fourth-order valence-electron chi connectivity index (χ4n) is 2.70. The smallest absolute Gasteiger partial charge is 0.0220 e. The van der Waals surface area contributed by atoms with Gasteiger partial charge < -0.3 is 5.73 Å². The van der Waals surface area contributed by atoms with Crippen molar-refractivity contribution in [3.63, 3.8) is 0 Å². The zero-order valence-electron chi connectivity index (χ0n) is 9.28. The van der Waals surface area contributed by atoms with E-state index in [1.54, 1.807) is 0 Å². The van der Waals surface area contributed by atoms with Gasteiger partial charge in [0.05, 0.1) is 0 Å². The van der Waals surface area contributed by atoms with E-state index in [0.717, 1.165) is 11.3 Å². The molecule has 4 atom stereocenters. The van der Waals surface area contributed by atoms with Gasteiger partial charge in [0.1, 0.15) is 0 Å². The van der Waals surface area contributed by atoms with Gasteiger partial charge in [-0.25, -0.2) is 0 Å². The van der Waals surface area contributed by atoms with Crippen LogP contribution < -0.4 is 5.73 Å². The van der Waals surface area contributed by atoms with E-state index >= 15 is 0 Å². The summed E-state index contributed by atoms with van der Waals surface area (Å²) in [7, 11) is 0. The van der Waals surface area contributed by atoms with Crippen molar-refractivity contribution in [2.45, 2.75) is 44.0 Å². The van der Waals surface area contributed by atoms with Crippen LogP contribution in [0, 0.1) is 5.92 Å². The number of likely N-dealkylation sites (tertiary alicyclic amines) is 1. The fourth-order valence-corrected chi connectivity index (χ4v) is 3.98. The molecule has 2 N–H and O–H groups in total. The molecule has 2 heterocycles. The molecule has 2 saturated heterocycles. The minimum Gasteiger partial charge on any atom is -0.327 e. The highest BCUT2D eigenvalue weighted by molar-refractivity contribution is 8.00. The van der Waals surface area contributed by atoms with Crippen LogP contribution in [0.4, 0.5) is 0 Å². The zero-order valence-corrected chi connectivity index (χ0v) is 10.1. The number of nitrogens with zero attached hydrogens (tertiary/aromatic N) is 1. The van der Waals surface area contributed by atoms with Gasteiger partial charge in [-0.05, 0) is 31.1 Å². The maximum atomic E-state index is 6.04. The molecule has 0 aromatic carbocycles. The Morgan fingerprint density at radius 2 is 2.07 bits per heavy atom. The van der Waals surface area contributed by atoms with Gasteiger partial charge in [0, 0.05) is 23.9 Å². The molecule has 14 heavy (non-hydrogen) atoms. The second kappa shape index (κ2) is 4.42. The van der Waals surface area contributed by atoms with Crippen molar-refractivity contribution in [1.82, 2.24) is 4.90 Å². The first-order valence-corrected chi connectivity index (χ1v) is 6.84. The lowest BCUT2D eigenvalue weighted by atomic mass is 9.93. The topological polar surface area (TPSA) is 29.3 Å². The highest BCUT2D eigenvalue weighted by Gasteiger charge is 2.33. The van der Waals surface area contributed by atoms with E-state index in [4.69, 9.17) is 5.73 Å². The number of hydrogen-bond acceptors (Lipinski definition) is 3. The molecule has 3 heteroatoms. The van der Waals surface area contributed by atoms with Crippen LogP contribution in [0.3, 0.4) is 0 Å². The summed E-state index contributed by atoms with van der Waals surface area (Å²) in [5.74, 6) is 2.03. The van der Waals surface area contributed by atoms with Crippen molar-refractivity contribution in [3.8, 4) is 0 Å². The van der Waals surface area contributed by atoms with Gasteiger partial charge in [-0.3, -0.25) is 4.90 Å². The molecule has 2 fully saturated rings. The lowest BCUT2D eigenvalue weighted by Crippen LogP contribution is -2.51. The molecule has 0 saturated carbocycles. The molecule has 0 amide bonds. The molecular formula is C11H22N2S. The summed E-state index contributed by atoms with van der Waals surface area (Å²) >= 11 is 2.13. The average Bonchev–Trinajstić information content (AvgIpc) is 2.57. The van der Waals surface area contributed by atoms with Crippen molar-refractivity contribution in [1.29, 1.82) is 0 Å². The molecule has 2 rings (SSSR count). The number of hydrogen-bond donors (Lipinski definition) is 1. The first-order chi connectivity index (χ1) is 6.68. The van der Waals surface area contributed by atoms with Gasteiger partial charge in [-0.15, -0.1) is 0 Å². The molecule has 0 radical (unpaired) electrons. The molecule has 82 valence electrons. The molecule has 4 unspecified atom stereocenters. The predicted octanol–water partition coefficient (Wildman–Crippen LogP) is 1.55. The molecule has 2 aliphatic heterocycles. The van der Waals surface area contributed by atoms with Gasteiger partial charge in [-0.1, -0.05) is 13.8 Å². The molecular weight excluding hydrogens is 192 g/mol. The summed E-state index contributed by atoms with van der Waals surface area (Å²) in [6.45, 7) is 7.11. The van der Waals surface area contributed by atoms with Crippen LogP contribution in [0.15, 0.2) is 0 Å². The van der Waals surface area contributed by atoms with Crippen LogP contribution in [0.5, 0.6) is 0 Å². The van der Waals surface area contributed by atoms with Crippen molar-refractivity contribution >= 4 is 11.8 Å². The lowest BCUT2D eigenvalue weighted by molar-refractivity contribution is 0.117. The highest BCUT2D eigenvalue weighted by Crippen LogP contribution is 2.32. The van der Waals surface area contributed by atoms with Crippen LogP contribution in [-0.2, 0) is 0 Å². The number of rotatable bonds is 1. The van der Waals surface area contributed by atoms with Gasteiger partial charge in [0.25, 0.3) is 0 Å². The predicted molar refractivity (Wildman–Crippen MR) is 63.7 cm³/mol. The number of piperidine rings is 1. The van der Waals surface area contributed by atoms with Crippen molar-refractivity contribution in [2.24, 2.45) is 11.7 Å². The first kappa shape index (κ1) is 10.8. The maximum Gasteiger partial charge on any atom is 0.0220 e. The number of nitrogens with two attached hydrogens (primary N) is 1. The molecule has 2 aliphatic rings. The van der Waals surface area contributed by atoms with Gasteiger partial charge in [0.15, 0.2) is 0 Å². The largest absolute Gasteiger partial charge is 0.327 e. The lowest BCUT2D eigenvalue weighted by Gasteiger charge is -2.39. The second-order valence-electron chi connectivity index (χ2n) is 4.86. The standard InChI is InChI=1S/C11H22N2S/c1-8-7-13(5-3-10(8)12)11-4-6-14-9(11)2/h8-11H,3-7,12H2,1-2H3. The average molecular weight is 214 g/mol. The molecule has 2 nitrogen and oxygen atoms in total. The highest BCUT2D eigenvalue weighted by atomic mass is 32.2. The third-order valence-electron chi connectivity index (χ3n) is 3.81. The van der Waals surface area contributed by atoms with Crippen molar-refractivity contribution in [2.75, 3.05) is 18.8 Å². The Bertz CT molecular complexity index is 198. The maximum absolute atomic E-state index is 6.04. The van der Waals surface area contributed by atoms with E-state index in [2.05, 4.69) is 30.5 Å². The second-order valence-corrected chi connectivity index (χ2v) is 6.34. The van der Waals surface area contributed by atoms with E-state index in [1.807, 2.05) is 0 Å². The molecule has 0 spiro atoms. The van der Waals surface area contributed by atoms with E-state index in [-0.39, 0.29) is 0 Å². The Morgan fingerprint density at radius 1 is 1.29 bits per heavy atom. The van der Waals surface area contributed by atoms with Crippen LogP contribution in [0.25, 0.3) is 0 Å². The Labute approximate surface area is 91.6 Å². The van der Waals surface area contributed by atoms with Crippen molar-refractivity contribution < 1.29 is 0 Å². The van der Waals surface area contributed by atoms with Gasteiger partial charge in [-0.2, -0.15) is 11.8 Å². The minimum absolute atomic E-state index is 0.440. The van der Waals surface area contributed by atoms with Crippen molar-refractivity contribution in [3.05, 3.63) is 0 Å². The summed E-state index contributed by atoms with van der Waals surface area (Å²) in [4.78, 5) is 2.68. The summed E-state index contributed by atoms with van der Waals surface area (Å²) in [5, 5.41) is 0.830. The Hall–Kier alpha value is 0.270. The molecule has 0 aromatic rings. The normalized spacial score (nSPS) is 45.6. The third-order valence-corrected chi connectivity index (χ3v) is 5.12. The SMILES string of the molecule is CC1CN(C2CCSC2C)CCC1N. The third kappa shape index (κ3) is 2.10. The fraction of sp³-hybridized carbons (Fsp3) is 1.00. The van der Waals surface area contributed by atoms with E-state index < -0.39 is 0 Å². The summed E-state index contributed by atoms with van der Waals surface area (Å²) < 4.78 is 0. The minimum atomic E-state index is 0.440. The Kier molecular flexibility index (Phi) is 3.40. The van der Waals surface area contributed by atoms with Gasteiger partial charge in [0.2, 0.25) is 0 Å². The van der Waals surface area contributed by atoms with E-state index in [0.29, 0.717) is 12.0 Å². The van der Waals surface area contributed by atoms with Gasteiger partial charge >= 0.3 is 0 Å². The molecule has 0 aromatic heterocycles. The summed E-state index contributed by atoms with van der Waals surface area (Å²) in [5.41, 5.74) is 6.04. The van der Waals surface area contributed by atoms with Crippen LogP contribution in [0.1, 0.15) is 26.7 Å². The Morgan fingerprint density at radius 3 is 2.64 bits per heavy atom. The van der Waals surface area contributed by atoms with E-state index in [9.17, 15) is 0 Å². The molecule has 0 bridgehead atoms. The summed E-state index contributed by atoms with van der Waals surface area (Å²) in [6, 6.07) is 1.27. The number of thioether (sulfide) groups is 1. The zero-order chi connectivity index (χ0) is 10.1. The molecule has 0 aliphatic carbocycles. The first-order valence-electron chi connectivity index (χ1n) is 5.79. The van der Waals surface area contributed by atoms with Crippen LogP contribution in [-0.4, -0.2) is 41.1 Å². The quantitative estimate of drug-likeness (QED) is 0.718.